The minimum Gasteiger partial charge on any atom is -1.00 e. The van der Waals surface area contributed by atoms with Gasteiger partial charge in [-0.3, -0.25) is 9.89 Å². The van der Waals surface area contributed by atoms with Gasteiger partial charge in [0.05, 0.1) is 5.69 Å². The second-order valence-corrected chi connectivity index (χ2v) is 2.78. The summed E-state index contributed by atoms with van der Waals surface area (Å²) in [6.07, 6.45) is 1.32. The third kappa shape index (κ3) is 6.34. The minimum atomic E-state index is -0.791. The topological polar surface area (TPSA) is 81.8 Å². The number of hydrogen-bond acceptors (Lipinski definition) is 3. The van der Waals surface area contributed by atoms with Gasteiger partial charge < -0.3 is 7.96 Å². The fraction of sp³-hybridized carbons (Fsp3) is 0.500. The number of rotatable bonds is 4. The van der Waals surface area contributed by atoms with Crippen LogP contribution in [0.5, 0.6) is 0 Å². The van der Waals surface area contributed by atoms with E-state index in [4.69, 9.17) is 17.3 Å². The van der Waals surface area contributed by atoms with Crippen LogP contribution >= 0.6 is 12.2 Å². The van der Waals surface area contributed by atoms with Crippen LogP contribution in [0.1, 0.15) is 21.4 Å². The van der Waals surface area contributed by atoms with E-state index in [1.54, 1.807) is 0 Å². The first-order chi connectivity index (χ1) is 5.70. The number of carboxylic acids is 1. The molecule has 0 aromatic carbocycles. The number of aromatic nitrogens is 3. The molecule has 0 fully saturated rings. The molecule has 1 aromatic rings. The first-order valence-electron chi connectivity index (χ1n) is 3.54. The number of aliphatic carboxylic acids is 1. The van der Waals surface area contributed by atoms with Crippen LogP contribution in [0.15, 0.2) is 0 Å². The van der Waals surface area contributed by atoms with Gasteiger partial charge in [0, 0.05) is 6.42 Å². The van der Waals surface area contributed by atoms with Crippen LogP contribution in [-0.2, 0) is 11.2 Å². The maximum atomic E-state index is 10.2. The van der Waals surface area contributed by atoms with Gasteiger partial charge in [-0.05, 0) is 12.8 Å². The zero-order valence-corrected chi connectivity index (χ0v) is 13.1. The Kier molecular flexibility index (Phi) is 11.2. The van der Waals surface area contributed by atoms with Crippen LogP contribution in [0.2, 0.25) is 0 Å². The molecule has 1 rings (SSSR count). The van der Waals surface area contributed by atoms with Gasteiger partial charge in [0.15, 0.2) is 0 Å². The van der Waals surface area contributed by atoms with Gasteiger partial charge in [-0.25, -0.2) is 5.21 Å². The molecule has 1 heterocycles. The molecule has 3 N–H and O–H groups in total. The van der Waals surface area contributed by atoms with Crippen molar-refractivity contribution < 1.29 is 71.9 Å². The Morgan fingerprint density at radius 2 is 2.21 bits per heavy atom. The Morgan fingerprint density at radius 1 is 1.57 bits per heavy atom. The second-order valence-electron chi connectivity index (χ2n) is 2.37. The number of H-pyrrole nitrogens is 2. The predicted molar refractivity (Wildman–Crippen MR) is 46.6 cm³/mol. The summed E-state index contributed by atoms with van der Waals surface area (Å²) < 4.78 is 0.556. The Balaban J connectivity index is -0.000000180. The fourth-order valence-corrected chi connectivity index (χ4v) is 1.04. The molecule has 8 heteroatoms. The molecule has 5 nitrogen and oxygen atoms in total. The van der Waals surface area contributed by atoms with Gasteiger partial charge in [-0.1, -0.05) is 12.2 Å². The first kappa shape index (κ1) is 17.2. The van der Waals surface area contributed by atoms with Crippen molar-refractivity contribution in [3.63, 3.8) is 0 Å². The molecule has 0 radical (unpaired) electrons. The van der Waals surface area contributed by atoms with Crippen molar-refractivity contribution in [1.29, 1.82) is 0 Å². The summed E-state index contributed by atoms with van der Waals surface area (Å²) in [6.45, 7) is 0. The molecular formula is C6H11N3Na2O2S. The van der Waals surface area contributed by atoms with E-state index in [0.29, 0.717) is 17.5 Å². The van der Waals surface area contributed by atoms with Crippen molar-refractivity contribution in [2.24, 2.45) is 0 Å². The van der Waals surface area contributed by atoms with Gasteiger partial charge in [0.1, 0.15) is 4.64 Å². The molecule has 0 unspecified atom stereocenters. The molecule has 0 amide bonds. The molecule has 14 heavy (non-hydrogen) atoms. The van der Waals surface area contributed by atoms with Crippen LogP contribution in [0.25, 0.3) is 0 Å². The van der Waals surface area contributed by atoms with Gasteiger partial charge >= 0.3 is 65.1 Å². The molecule has 0 atom stereocenters. The van der Waals surface area contributed by atoms with Gasteiger partial charge in [-0.15, -0.1) is 0 Å². The van der Waals surface area contributed by atoms with Crippen molar-refractivity contribution >= 4 is 18.2 Å². The normalized spacial score (nSPS) is 8.57. The maximum Gasteiger partial charge on any atom is 1.00 e. The fourth-order valence-electron chi connectivity index (χ4n) is 0.846. The van der Waals surface area contributed by atoms with Crippen molar-refractivity contribution in [1.82, 2.24) is 15.4 Å². The van der Waals surface area contributed by atoms with E-state index in [0.717, 1.165) is 5.69 Å². The molecule has 0 aliphatic carbocycles. The number of hydrogen-bond donors (Lipinski definition) is 3. The van der Waals surface area contributed by atoms with E-state index in [9.17, 15) is 4.79 Å². The molecule has 0 saturated heterocycles. The number of carboxylic acid groups (broad SMARTS) is 1. The molecular weight excluding hydrogens is 224 g/mol. The Bertz CT molecular complexity index is 334. The smallest absolute Gasteiger partial charge is 1.00 e. The standard InChI is InChI=1S/C6H9N3O2S.2Na.2H/c10-5(11)3-1-2-4-6(12)8-9-7-4;;;;/h1-3H2,(H,10,11)(H2,7,8,9,12);;;;/q;2*+1;2*-1. The third-order valence-corrected chi connectivity index (χ3v) is 1.76. The van der Waals surface area contributed by atoms with Crippen LogP contribution in [0, 0.1) is 4.64 Å². The average molecular weight is 235 g/mol. The molecule has 0 aliphatic rings. The van der Waals surface area contributed by atoms with Crippen LogP contribution in [0.3, 0.4) is 0 Å². The summed E-state index contributed by atoms with van der Waals surface area (Å²) in [5.74, 6) is -0.791. The van der Waals surface area contributed by atoms with E-state index >= 15 is 0 Å². The van der Waals surface area contributed by atoms with Crippen molar-refractivity contribution in [2.45, 2.75) is 19.3 Å². The quantitative estimate of drug-likeness (QED) is 0.361. The zero-order chi connectivity index (χ0) is 8.97. The zero-order valence-electron chi connectivity index (χ0n) is 10.3. The summed E-state index contributed by atoms with van der Waals surface area (Å²) >= 11 is 4.87. The van der Waals surface area contributed by atoms with Crippen molar-refractivity contribution in [2.75, 3.05) is 0 Å². The summed E-state index contributed by atoms with van der Waals surface area (Å²) in [5, 5.41) is 17.3. The molecule has 0 spiro atoms. The number of aromatic amines is 2. The molecule has 0 aliphatic heterocycles. The number of aryl methyl sites for hydroxylation is 1. The predicted octanol–water partition coefficient (Wildman–Crippen LogP) is -4.89. The van der Waals surface area contributed by atoms with Gasteiger partial charge in [0.2, 0.25) is 0 Å². The van der Waals surface area contributed by atoms with Crippen molar-refractivity contribution in [3.8, 4) is 0 Å². The van der Waals surface area contributed by atoms with Crippen LogP contribution < -0.4 is 59.1 Å². The minimum absolute atomic E-state index is 0. The Hall–Kier alpha value is 0.830. The van der Waals surface area contributed by atoms with Crippen molar-refractivity contribution in [3.05, 3.63) is 10.3 Å². The average Bonchev–Trinajstić information content (AvgIpc) is 2.36. The monoisotopic (exact) mass is 235 g/mol. The number of carbonyl (C=O) groups is 1. The van der Waals surface area contributed by atoms with E-state index in [1.807, 2.05) is 0 Å². The SMILES string of the molecule is O=C(O)CCCc1n[nH][nH]c1=S.[H-].[H-].[Na+].[Na+]. The first-order valence-corrected chi connectivity index (χ1v) is 3.94. The van der Waals surface area contributed by atoms with E-state index in [-0.39, 0.29) is 68.4 Å². The largest absolute Gasteiger partial charge is 1.00 e. The third-order valence-electron chi connectivity index (χ3n) is 1.43. The summed E-state index contributed by atoms with van der Waals surface area (Å²) in [6, 6.07) is 0. The molecule has 0 bridgehead atoms. The Morgan fingerprint density at radius 3 is 2.64 bits per heavy atom. The maximum absolute atomic E-state index is 10.2. The summed E-state index contributed by atoms with van der Waals surface area (Å²) in [7, 11) is 0. The van der Waals surface area contributed by atoms with E-state index < -0.39 is 5.97 Å². The molecule has 0 saturated carbocycles. The molecule has 70 valence electrons. The number of nitrogens with zero attached hydrogens (tertiary/aromatic N) is 1. The number of nitrogens with one attached hydrogen (secondary N) is 2. The second kappa shape index (κ2) is 9.08. The van der Waals surface area contributed by atoms with Crippen LogP contribution in [-0.4, -0.2) is 26.5 Å². The summed E-state index contributed by atoms with van der Waals surface area (Å²) in [5.41, 5.74) is 0.728. The van der Waals surface area contributed by atoms with Crippen LogP contribution in [0.4, 0.5) is 0 Å². The Labute approximate surface area is 134 Å². The summed E-state index contributed by atoms with van der Waals surface area (Å²) in [4.78, 5) is 10.2. The van der Waals surface area contributed by atoms with Gasteiger partial charge in [-0.2, -0.15) is 5.10 Å². The van der Waals surface area contributed by atoms with E-state index in [2.05, 4.69) is 15.4 Å². The van der Waals surface area contributed by atoms with Gasteiger partial charge in [0.25, 0.3) is 0 Å². The molecule has 1 aromatic heterocycles. The van der Waals surface area contributed by atoms with E-state index in [1.165, 1.54) is 0 Å².